The fraction of sp³-hybridized carbons (Fsp3) is 0.200. The zero-order valence-corrected chi connectivity index (χ0v) is 10.3. The van der Waals surface area contributed by atoms with E-state index in [1.807, 2.05) is 18.2 Å². The molecule has 0 heterocycles. The highest BCUT2D eigenvalue weighted by atomic mass is 14.6. The second kappa shape index (κ2) is 4.50. The minimum absolute atomic E-state index is 0.805. The largest absolute Gasteiger partial charge is 0.399 e. The molecule has 2 aromatic carbocycles. The maximum Gasteiger partial charge on any atom is 0.0346 e. The molecule has 2 nitrogen and oxygen atoms in total. The zero-order chi connectivity index (χ0) is 12.4. The van der Waals surface area contributed by atoms with Crippen molar-refractivity contribution in [2.45, 2.75) is 20.3 Å². The van der Waals surface area contributed by atoms with Gasteiger partial charge in [-0.2, -0.15) is 0 Å². The van der Waals surface area contributed by atoms with Gasteiger partial charge in [0.2, 0.25) is 0 Å². The van der Waals surface area contributed by atoms with Crippen LogP contribution in [0.2, 0.25) is 0 Å². The van der Waals surface area contributed by atoms with Gasteiger partial charge in [0, 0.05) is 11.4 Å². The summed E-state index contributed by atoms with van der Waals surface area (Å²) in [6, 6.07) is 12.1. The Labute approximate surface area is 102 Å². The first kappa shape index (κ1) is 11.5. The Bertz CT molecular complexity index is 527. The third-order valence-electron chi connectivity index (χ3n) is 3.32. The van der Waals surface area contributed by atoms with Gasteiger partial charge >= 0.3 is 0 Å². The van der Waals surface area contributed by atoms with Crippen LogP contribution in [0, 0.1) is 13.8 Å². The maximum absolute atomic E-state index is 5.89. The van der Waals surface area contributed by atoms with E-state index in [1.54, 1.807) is 0 Å². The van der Waals surface area contributed by atoms with E-state index in [0.717, 1.165) is 17.8 Å². The van der Waals surface area contributed by atoms with E-state index in [9.17, 15) is 0 Å². The molecule has 88 valence electrons. The fourth-order valence-electron chi connectivity index (χ4n) is 1.94. The Morgan fingerprint density at radius 2 is 1.47 bits per heavy atom. The van der Waals surface area contributed by atoms with E-state index in [2.05, 4.69) is 32.0 Å². The molecule has 4 N–H and O–H groups in total. The highest BCUT2D eigenvalue weighted by molar-refractivity contribution is 5.53. The van der Waals surface area contributed by atoms with E-state index in [1.165, 1.54) is 22.3 Å². The SMILES string of the molecule is Cc1c(N)ccc(Cc2ccc(N)cc2)c1C. The summed E-state index contributed by atoms with van der Waals surface area (Å²) in [5.41, 5.74) is 18.3. The van der Waals surface area contributed by atoms with E-state index < -0.39 is 0 Å². The lowest BCUT2D eigenvalue weighted by atomic mass is 9.96. The highest BCUT2D eigenvalue weighted by Gasteiger charge is 2.05. The zero-order valence-electron chi connectivity index (χ0n) is 10.3. The summed E-state index contributed by atoms with van der Waals surface area (Å²) in [5.74, 6) is 0. The van der Waals surface area contributed by atoms with Crippen molar-refractivity contribution >= 4 is 11.4 Å². The molecule has 17 heavy (non-hydrogen) atoms. The van der Waals surface area contributed by atoms with Gasteiger partial charge < -0.3 is 11.5 Å². The highest BCUT2D eigenvalue weighted by Crippen LogP contribution is 2.22. The Morgan fingerprint density at radius 3 is 2.12 bits per heavy atom. The van der Waals surface area contributed by atoms with Gasteiger partial charge in [0.05, 0.1) is 0 Å². The molecular formula is C15H18N2. The third-order valence-corrected chi connectivity index (χ3v) is 3.32. The van der Waals surface area contributed by atoms with E-state index in [4.69, 9.17) is 11.5 Å². The molecule has 0 saturated heterocycles. The molecule has 0 spiro atoms. The number of anilines is 2. The van der Waals surface area contributed by atoms with Gasteiger partial charge in [-0.05, 0) is 60.7 Å². The lowest BCUT2D eigenvalue weighted by molar-refractivity contribution is 1.14. The van der Waals surface area contributed by atoms with Crippen LogP contribution < -0.4 is 11.5 Å². The average Bonchev–Trinajstić information content (AvgIpc) is 2.33. The van der Waals surface area contributed by atoms with E-state index in [-0.39, 0.29) is 0 Å². The number of benzene rings is 2. The lowest BCUT2D eigenvalue weighted by Crippen LogP contribution is -1.98. The Hall–Kier alpha value is -1.96. The van der Waals surface area contributed by atoms with Crippen LogP contribution in [0.5, 0.6) is 0 Å². The quantitative estimate of drug-likeness (QED) is 0.773. The van der Waals surface area contributed by atoms with Gasteiger partial charge in [-0.15, -0.1) is 0 Å². The molecule has 2 heteroatoms. The summed E-state index contributed by atoms with van der Waals surface area (Å²) in [4.78, 5) is 0. The summed E-state index contributed by atoms with van der Waals surface area (Å²) in [5, 5.41) is 0. The van der Waals surface area contributed by atoms with Crippen LogP contribution in [-0.2, 0) is 6.42 Å². The third kappa shape index (κ3) is 2.41. The summed E-state index contributed by atoms with van der Waals surface area (Å²) < 4.78 is 0. The number of rotatable bonds is 2. The minimum atomic E-state index is 0.805. The lowest BCUT2D eigenvalue weighted by Gasteiger charge is -2.11. The molecule has 2 aromatic rings. The van der Waals surface area contributed by atoms with Crippen molar-refractivity contribution in [1.82, 2.24) is 0 Å². The van der Waals surface area contributed by atoms with E-state index in [0.29, 0.717) is 0 Å². The molecule has 0 bridgehead atoms. The predicted octanol–water partition coefficient (Wildman–Crippen LogP) is 3.06. The van der Waals surface area contributed by atoms with Crippen molar-refractivity contribution in [2.24, 2.45) is 0 Å². The Morgan fingerprint density at radius 1 is 0.824 bits per heavy atom. The molecule has 0 aliphatic heterocycles. The van der Waals surface area contributed by atoms with Crippen LogP contribution in [-0.4, -0.2) is 0 Å². The summed E-state index contributed by atoms with van der Waals surface area (Å²) in [7, 11) is 0. The topological polar surface area (TPSA) is 52.0 Å². The van der Waals surface area contributed by atoms with Crippen LogP contribution in [0.3, 0.4) is 0 Å². The first-order valence-electron chi connectivity index (χ1n) is 5.77. The second-order valence-corrected chi connectivity index (χ2v) is 4.48. The van der Waals surface area contributed by atoms with Gasteiger partial charge in [-0.25, -0.2) is 0 Å². The average molecular weight is 226 g/mol. The summed E-state index contributed by atoms with van der Waals surface area (Å²) >= 11 is 0. The van der Waals surface area contributed by atoms with Crippen molar-refractivity contribution in [3.8, 4) is 0 Å². The molecule has 0 unspecified atom stereocenters. The monoisotopic (exact) mass is 226 g/mol. The normalized spacial score (nSPS) is 10.5. The number of hydrogen-bond acceptors (Lipinski definition) is 2. The molecule has 0 atom stereocenters. The van der Waals surface area contributed by atoms with Gasteiger partial charge in [-0.3, -0.25) is 0 Å². The number of nitrogen functional groups attached to an aromatic ring is 2. The van der Waals surface area contributed by atoms with Crippen LogP contribution >= 0.6 is 0 Å². The van der Waals surface area contributed by atoms with Crippen LogP contribution in [0.4, 0.5) is 11.4 Å². The van der Waals surface area contributed by atoms with Gasteiger partial charge in [-0.1, -0.05) is 18.2 Å². The van der Waals surface area contributed by atoms with E-state index >= 15 is 0 Å². The smallest absolute Gasteiger partial charge is 0.0346 e. The van der Waals surface area contributed by atoms with Crippen molar-refractivity contribution in [1.29, 1.82) is 0 Å². The molecular weight excluding hydrogens is 208 g/mol. The maximum atomic E-state index is 5.89. The summed E-state index contributed by atoms with van der Waals surface area (Å²) in [6.45, 7) is 4.19. The molecule has 0 radical (unpaired) electrons. The Balaban J connectivity index is 2.30. The molecule has 0 aliphatic rings. The van der Waals surface area contributed by atoms with Gasteiger partial charge in [0.25, 0.3) is 0 Å². The minimum Gasteiger partial charge on any atom is -0.399 e. The molecule has 0 amide bonds. The van der Waals surface area contributed by atoms with Crippen LogP contribution in [0.25, 0.3) is 0 Å². The van der Waals surface area contributed by atoms with Crippen molar-refractivity contribution in [2.75, 3.05) is 11.5 Å². The van der Waals surface area contributed by atoms with Crippen molar-refractivity contribution < 1.29 is 0 Å². The van der Waals surface area contributed by atoms with Crippen LogP contribution in [0.15, 0.2) is 36.4 Å². The van der Waals surface area contributed by atoms with Gasteiger partial charge in [0.15, 0.2) is 0 Å². The van der Waals surface area contributed by atoms with Crippen molar-refractivity contribution in [3.05, 3.63) is 58.7 Å². The van der Waals surface area contributed by atoms with Crippen molar-refractivity contribution in [3.63, 3.8) is 0 Å². The first-order chi connectivity index (χ1) is 8.08. The number of hydrogen-bond donors (Lipinski definition) is 2. The van der Waals surface area contributed by atoms with Crippen LogP contribution in [0.1, 0.15) is 22.3 Å². The molecule has 0 aromatic heterocycles. The Kier molecular flexibility index (Phi) is 3.05. The summed E-state index contributed by atoms with van der Waals surface area (Å²) in [6.07, 6.45) is 0.924. The molecule has 2 rings (SSSR count). The van der Waals surface area contributed by atoms with Gasteiger partial charge in [0.1, 0.15) is 0 Å². The molecule has 0 aliphatic carbocycles. The molecule has 0 fully saturated rings. The number of nitrogens with two attached hydrogens (primary N) is 2. The molecule has 0 saturated carbocycles. The first-order valence-corrected chi connectivity index (χ1v) is 5.77. The predicted molar refractivity (Wildman–Crippen MR) is 74.0 cm³/mol. The second-order valence-electron chi connectivity index (χ2n) is 4.48. The standard InChI is InChI=1S/C15H18N2/c1-10-11(2)15(17)8-5-13(10)9-12-3-6-14(16)7-4-12/h3-8H,9,16-17H2,1-2H3. The fourth-order valence-corrected chi connectivity index (χ4v) is 1.94.